The number of carbonyl (C=O) groups is 1. The molecule has 0 radical (unpaired) electrons. The van der Waals surface area contributed by atoms with Gasteiger partial charge in [0.25, 0.3) is 5.91 Å². The average Bonchev–Trinajstić information content (AvgIpc) is 3.43. The lowest BCUT2D eigenvalue weighted by Crippen LogP contribution is -2.30. The Bertz CT molecular complexity index is 1110. The summed E-state index contributed by atoms with van der Waals surface area (Å²) in [5.41, 5.74) is 2.36. The van der Waals surface area contributed by atoms with Gasteiger partial charge >= 0.3 is 0 Å². The fraction of sp³-hybridized carbons (Fsp3) is 0.130. The molecule has 0 fully saturated rings. The molecule has 0 aliphatic heterocycles. The average molecular weight is 473 g/mol. The van der Waals surface area contributed by atoms with Gasteiger partial charge in [0.2, 0.25) is 0 Å². The molecule has 0 N–H and O–H groups in total. The molecule has 30 heavy (non-hydrogen) atoms. The van der Waals surface area contributed by atoms with Crippen LogP contribution < -0.4 is 0 Å². The summed E-state index contributed by atoms with van der Waals surface area (Å²) in [6.07, 6.45) is 0.500. The molecule has 2 aromatic carbocycles. The van der Waals surface area contributed by atoms with Gasteiger partial charge in [-0.25, -0.2) is 4.98 Å². The molecule has 152 valence electrons. The zero-order chi connectivity index (χ0) is 20.9. The molecule has 1 amide bonds. The van der Waals surface area contributed by atoms with Crippen molar-refractivity contribution in [1.82, 2.24) is 9.88 Å². The predicted molar refractivity (Wildman–Crippen MR) is 126 cm³/mol. The molecule has 3 nitrogen and oxygen atoms in total. The SMILES string of the molecule is O=C(c1csc(Cc2c(Cl)cccc2Cl)n1)N(Cc1ccccc1)Cc1cccs1. The summed E-state index contributed by atoms with van der Waals surface area (Å²) < 4.78 is 0. The van der Waals surface area contributed by atoms with Crippen molar-refractivity contribution in [3.05, 3.63) is 108 Å². The van der Waals surface area contributed by atoms with Gasteiger partial charge in [-0.2, -0.15) is 0 Å². The number of rotatable bonds is 7. The number of thiazole rings is 1. The van der Waals surface area contributed by atoms with Crippen LogP contribution in [0.15, 0.2) is 71.4 Å². The molecule has 2 heterocycles. The molecular weight excluding hydrogens is 455 g/mol. The van der Waals surface area contributed by atoms with Crippen LogP contribution in [0, 0.1) is 0 Å². The number of benzene rings is 2. The molecule has 0 saturated heterocycles. The highest BCUT2D eigenvalue weighted by atomic mass is 35.5. The fourth-order valence-electron chi connectivity index (χ4n) is 3.10. The Labute approximate surface area is 193 Å². The summed E-state index contributed by atoms with van der Waals surface area (Å²) in [7, 11) is 0. The van der Waals surface area contributed by atoms with E-state index in [0.29, 0.717) is 35.2 Å². The molecule has 0 spiro atoms. The maximum absolute atomic E-state index is 13.3. The minimum absolute atomic E-state index is 0.0833. The molecular formula is C23H18Cl2N2OS2. The summed E-state index contributed by atoms with van der Waals surface area (Å²) >= 11 is 15.7. The first-order valence-corrected chi connectivity index (χ1v) is 11.8. The van der Waals surface area contributed by atoms with Crippen molar-refractivity contribution in [2.75, 3.05) is 0 Å². The highest BCUT2D eigenvalue weighted by Gasteiger charge is 2.20. The monoisotopic (exact) mass is 472 g/mol. The Kier molecular flexibility index (Phi) is 6.85. The summed E-state index contributed by atoms with van der Waals surface area (Å²) in [4.78, 5) is 20.9. The number of hydrogen-bond acceptors (Lipinski definition) is 4. The molecule has 0 atom stereocenters. The van der Waals surface area contributed by atoms with E-state index in [1.165, 1.54) is 11.3 Å². The van der Waals surface area contributed by atoms with Crippen LogP contribution in [0.4, 0.5) is 0 Å². The first kappa shape index (κ1) is 21.1. The van der Waals surface area contributed by atoms with Crippen LogP contribution in [0.3, 0.4) is 0 Å². The molecule has 0 unspecified atom stereocenters. The number of thiophene rings is 1. The van der Waals surface area contributed by atoms with Gasteiger partial charge < -0.3 is 4.90 Å². The first-order valence-electron chi connectivity index (χ1n) is 9.33. The molecule has 0 bridgehead atoms. The number of aromatic nitrogens is 1. The highest BCUT2D eigenvalue weighted by Crippen LogP contribution is 2.28. The van der Waals surface area contributed by atoms with E-state index < -0.39 is 0 Å². The molecule has 0 saturated carbocycles. The lowest BCUT2D eigenvalue weighted by molar-refractivity contribution is 0.0726. The first-order chi connectivity index (χ1) is 14.6. The molecule has 4 aromatic rings. The third-order valence-electron chi connectivity index (χ3n) is 4.59. The molecule has 0 aliphatic rings. The molecule has 4 rings (SSSR count). The second kappa shape index (κ2) is 9.75. The summed E-state index contributed by atoms with van der Waals surface area (Å²) in [5.74, 6) is -0.0833. The second-order valence-electron chi connectivity index (χ2n) is 6.73. The van der Waals surface area contributed by atoms with Gasteiger partial charge in [-0.1, -0.05) is 65.7 Å². The van der Waals surface area contributed by atoms with E-state index in [1.54, 1.807) is 11.3 Å². The van der Waals surface area contributed by atoms with Gasteiger partial charge in [0.05, 0.1) is 11.6 Å². The van der Waals surface area contributed by atoms with E-state index in [0.717, 1.165) is 21.0 Å². The Hall–Kier alpha value is -2.18. The van der Waals surface area contributed by atoms with E-state index >= 15 is 0 Å². The van der Waals surface area contributed by atoms with E-state index in [2.05, 4.69) is 4.98 Å². The minimum atomic E-state index is -0.0833. The van der Waals surface area contributed by atoms with Crippen molar-refractivity contribution in [3.8, 4) is 0 Å². The van der Waals surface area contributed by atoms with Gasteiger partial charge in [0.15, 0.2) is 0 Å². The van der Waals surface area contributed by atoms with Gasteiger partial charge in [0.1, 0.15) is 5.69 Å². The Balaban J connectivity index is 1.55. The van der Waals surface area contributed by atoms with Crippen LogP contribution in [0.5, 0.6) is 0 Å². The van der Waals surface area contributed by atoms with Crippen LogP contribution in [0.25, 0.3) is 0 Å². The number of nitrogens with zero attached hydrogens (tertiary/aromatic N) is 2. The van der Waals surface area contributed by atoms with Crippen LogP contribution in [-0.4, -0.2) is 15.8 Å². The third-order valence-corrected chi connectivity index (χ3v) is 7.01. The van der Waals surface area contributed by atoms with Crippen molar-refractivity contribution in [2.45, 2.75) is 19.5 Å². The van der Waals surface area contributed by atoms with Gasteiger partial charge in [0, 0.05) is 33.3 Å². The number of halogens is 2. The van der Waals surface area contributed by atoms with Crippen molar-refractivity contribution in [1.29, 1.82) is 0 Å². The lowest BCUT2D eigenvalue weighted by Gasteiger charge is -2.21. The molecule has 0 aliphatic carbocycles. The van der Waals surface area contributed by atoms with Gasteiger partial charge in [-0.3, -0.25) is 4.79 Å². The Morgan fingerprint density at radius 3 is 2.37 bits per heavy atom. The maximum atomic E-state index is 13.3. The van der Waals surface area contributed by atoms with Gasteiger partial charge in [-0.15, -0.1) is 22.7 Å². The predicted octanol–water partition coefficient (Wildman–Crippen LogP) is 6.94. The maximum Gasteiger partial charge on any atom is 0.273 e. The number of hydrogen-bond donors (Lipinski definition) is 0. The smallest absolute Gasteiger partial charge is 0.273 e. The van der Waals surface area contributed by atoms with E-state index in [1.807, 2.05) is 76.3 Å². The van der Waals surface area contributed by atoms with Crippen molar-refractivity contribution in [3.63, 3.8) is 0 Å². The lowest BCUT2D eigenvalue weighted by atomic mass is 10.1. The van der Waals surface area contributed by atoms with Crippen molar-refractivity contribution < 1.29 is 4.79 Å². The van der Waals surface area contributed by atoms with E-state index in [-0.39, 0.29) is 5.91 Å². The summed E-state index contributed by atoms with van der Waals surface area (Å²) in [6.45, 7) is 1.08. The van der Waals surface area contributed by atoms with E-state index in [4.69, 9.17) is 23.2 Å². The minimum Gasteiger partial charge on any atom is -0.328 e. The number of amides is 1. The van der Waals surface area contributed by atoms with Crippen LogP contribution in [-0.2, 0) is 19.5 Å². The van der Waals surface area contributed by atoms with E-state index in [9.17, 15) is 4.79 Å². The fourth-order valence-corrected chi connectivity index (χ4v) is 5.13. The largest absolute Gasteiger partial charge is 0.328 e. The Morgan fingerprint density at radius 1 is 0.900 bits per heavy atom. The van der Waals surface area contributed by atoms with Crippen molar-refractivity contribution >= 4 is 51.8 Å². The zero-order valence-corrected chi connectivity index (χ0v) is 19.1. The standard InChI is InChI=1S/C23H18Cl2N2OS2/c24-19-9-4-10-20(25)18(19)12-22-26-21(15-30-22)23(28)27(14-17-8-5-11-29-17)13-16-6-2-1-3-7-16/h1-11,15H,12-14H2. The van der Waals surface area contributed by atoms with Crippen LogP contribution >= 0.6 is 45.9 Å². The molecule has 2 aromatic heterocycles. The normalized spacial score (nSPS) is 10.9. The zero-order valence-electron chi connectivity index (χ0n) is 15.9. The highest BCUT2D eigenvalue weighted by molar-refractivity contribution is 7.10. The van der Waals surface area contributed by atoms with Crippen LogP contribution in [0.1, 0.15) is 31.5 Å². The quantitative estimate of drug-likeness (QED) is 0.291. The number of carbonyl (C=O) groups excluding carboxylic acids is 1. The van der Waals surface area contributed by atoms with Crippen LogP contribution in [0.2, 0.25) is 10.0 Å². The Morgan fingerprint density at radius 2 is 1.67 bits per heavy atom. The molecule has 7 heteroatoms. The van der Waals surface area contributed by atoms with Crippen molar-refractivity contribution in [2.24, 2.45) is 0 Å². The van der Waals surface area contributed by atoms with Gasteiger partial charge in [-0.05, 0) is 34.7 Å². The summed E-state index contributed by atoms with van der Waals surface area (Å²) in [5, 5.41) is 5.86. The topological polar surface area (TPSA) is 33.2 Å². The third kappa shape index (κ3) is 5.10. The summed E-state index contributed by atoms with van der Waals surface area (Å²) in [6, 6.07) is 19.5. The second-order valence-corrected chi connectivity index (χ2v) is 9.52.